The highest BCUT2D eigenvalue weighted by atomic mass is 16.7. The van der Waals surface area contributed by atoms with Gasteiger partial charge in [0.25, 0.3) is 5.69 Å². The van der Waals surface area contributed by atoms with Gasteiger partial charge < -0.3 is 18.9 Å². The molecule has 0 amide bonds. The second-order valence-corrected chi connectivity index (χ2v) is 4.10. The maximum absolute atomic E-state index is 10.5. The van der Waals surface area contributed by atoms with Crippen LogP contribution in [0.4, 0.5) is 5.69 Å². The standard InChI is InChI=1S/C13H18N4O6/c14-16-15-5-6-20-7-8-21-9-10-22-11-23-13-3-1-12(2-4-13)17(18)19/h1-4H,5-11H2. The number of nitro benzene ring substituents is 1. The topological polar surface area (TPSA) is 129 Å². The Bertz CT molecular complexity index is 504. The van der Waals surface area contributed by atoms with Gasteiger partial charge in [-0.15, -0.1) is 0 Å². The van der Waals surface area contributed by atoms with E-state index in [9.17, 15) is 10.1 Å². The minimum Gasteiger partial charge on any atom is -0.468 e. The second kappa shape index (κ2) is 12.2. The number of hydrogen-bond donors (Lipinski definition) is 0. The highest BCUT2D eigenvalue weighted by molar-refractivity contribution is 5.35. The van der Waals surface area contributed by atoms with Crippen LogP contribution in [0.3, 0.4) is 0 Å². The van der Waals surface area contributed by atoms with Gasteiger partial charge >= 0.3 is 0 Å². The van der Waals surface area contributed by atoms with Crippen LogP contribution < -0.4 is 4.74 Å². The third kappa shape index (κ3) is 9.27. The fraction of sp³-hybridized carbons (Fsp3) is 0.538. The quantitative estimate of drug-likeness (QED) is 0.104. The van der Waals surface area contributed by atoms with Crippen LogP contribution in [0, 0.1) is 10.1 Å². The first-order valence-electron chi connectivity index (χ1n) is 6.85. The summed E-state index contributed by atoms with van der Waals surface area (Å²) in [7, 11) is 0. The Balaban J connectivity index is 1.93. The van der Waals surface area contributed by atoms with Crippen LogP contribution in [-0.4, -0.2) is 51.3 Å². The van der Waals surface area contributed by atoms with E-state index in [1.54, 1.807) is 0 Å². The van der Waals surface area contributed by atoms with E-state index in [0.29, 0.717) is 45.3 Å². The SMILES string of the molecule is [N-]=[N+]=NCCOCCOCCOCOc1ccc([N+](=O)[O-])cc1. The third-order valence-corrected chi connectivity index (χ3v) is 2.50. The van der Waals surface area contributed by atoms with Gasteiger partial charge in [-0.2, -0.15) is 0 Å². The zero-order valence-electron chi connectivity index (χ0n) is 12.5. The van der Waals surface area contributed by atoms with Crippen molar-refractivity contribution in [3.05, 3.63) is 44.8 Å². The molecule has 0 aliphatic rings. The number of benzene rings is 1. The number of nitrogens with zero attached hydrogens (tertiary/aromatic N) is 4. The summed E-state index contributed by atoms with van der Waals surface area (Å²) in [4.78, 5) is 12.6. The number of ether oxygens (including phenoxy) is 4. The van der Waals surface area contributed by atoms with Gasteiger partial charge in [-0.1, -0.05) is 5.11 Å². The number of azide groups is 1. The van der Waals surface area contributed by atoms with E-state index < -0.39 is 4.92 Å². The molecule has 0 aliphatic carbocycles. The normalized spacial score (nSPS) is 10.1. The van der Waals surface area contributed by atoms with E-state index in [1.807, 2.05) is 0 Å². The Morgan fingerprint density at radius 3 is 2.26 bits per heavy atom. The van der Waals surface area contributed by atoms with Gasteiger partial charge in [0.2, 0.25) is 0 Å². The van der Waals surface area contributed by atoms with Crippen LogP contribution in [0.5, 0.6) is 5.75 Å². The lowest BCUT2D eigenvalue weighted by Gasteiger charge is -2.08. The first-order valence-corrected chi connectivity index (χ1v) is 6.85. The zero-order valence-corrected chi connectivity index (χ0v) is 12.5. The van der Waals surface area contributed by atoms with Gasteiger partial charge in [-0.05, 0) is 17.7 Å². The zero-order chi connectivity index (χ0) is 16.8. The molecule has 1 aromatic carbocycles. The predicted octanol–water partition coefficient (Wildman–Crippen LogP) is 2.29. The molecule has 126 valence electrons. The van der Waals surface area contributed by atoms with E-state index in [0.717, 1.165) is 0 Å². The molecule has 0 saturated heterocycles. The minimum atomic E-state index is -0.474. The molecule has 0 heterocycles. The molecule has 0 aliphatic heterocycles. The Labute approximate surface area is 132 Å². The Morgan fingerprint density at radius 1 is 1.04 bits per heavy atom. The van der Waals surface area contributed by atoms with Crippen molar-refractivity contribution in [3.8, 4) is 5.75 Å². The molecular weight excluding hydrogens is 308 g/mol. The van der Waals surface area contributed by atoms with E-state index in [2.05, 4.69) is 10.0 Å². The molecule has 0 spiro atoms. The fourth-order valence-electron chi connectivity index (χ4n) is 1.42. The summed E-state index contributed by atoms with van der Waals surface area (Å²) in [6.45, 7) is 2.29. The van der Waals surface area contributed by atoms with Crippen LogP contribution in [0.25, 0.3) is 10.4 Å². The molecule has 0 saturated carbocycles. The molecule has 10 heteroatoms. The van der Waals surface area contributed by atoms with Gasteiger partial charge in [0, 0.05) is 23.6 Å². The highest BCUT2D eigenvalue weighted by Crippen LogP contribution is 2.17. The van der Waals surface area contributed by atoms with Crippen molar-refractivity contribution in [2.45, 2.75) is 0 Å². The monoisotopic (exact) mass is 326 g/mol. The minimum absolute atomic E-state index is 0.00770. The maximum Gasteiger partial charge on any atom is 0.269 e. The molecule has 0 N–H and O–H groups in total. The summed E-state index contributed by atoms with van der Waals surface area (Å²) in [5.74, 6) is 0.491. The molecule has 1 aromatic rings. The summed E-state index contributed by atoms with van der Waals surface area (Å²) in [6, 6.07) is 5.73. The van der Waals surface area contributed by atoms with E-state index >= 15 is 0 Å². The summed E-state index contributed by atoms with van der Waals surface area (Å²) >= 11 is 0. The van der Waals surface area contributed by atoms with Gasteiger partial charge in [0.15, 0.2) is 6.79 Å². The maximum atomic E-state index is 10.5. The molecule has 0 bridgehead atoms. The summed E-state index contributed by atoms with van der Waals surface area (Å²) in [6.07, 6.45) is 0. The van der Waals surface area contributed by atoms with Crippen molar-refractivity contribution in [2.75, 3.05) is 46.4 Å². The molecule has 0 atom stereocenters. The summed E-state index contributed by atoms with van der Waals surface area (Å²) in [5, 5.41) is 13.8. The van der Waals surface area contributed by atoms with Gasteiger partial charge in [-0.25, -0.2) is 0 Å². The fourth-order valence-corrected chi connectivity index (χ4v) is 1.42. The Kier molecular flexibility index (Phi) is 9.88. The van der Waals surface area contributed by atoms with Crippen LogP contribution in [-0.2, 0) is 14.2 Å². The summed E-state index contributed by atoms with van der Waals surface area (Å²) < 4.78 is 20.9. The molecule has 0 unspecified atom stereocenters. The highest BCUT2D eigenvalue weighted by Gasteiger charge is 2.03. The molecule has 23 heavy (non-hydrogen) atoms. The molecule has 10 nitrogen and oxygen atoms in total. The van der Waals surface area contributed by atoms with Crippen LogP contribution >= 0.6 is 0 Å². The lowest BCUT2D eigenvalue weighted by molar-refractivity contribution is -0.384. The van der Waals surface area contributed by atoms with Crippen molar-refractivity contribution < 1.29 is 23.9 Å². The number of rotatable bonds is 13. The van der Waals surface area contributed by atoms with E-state index in [4.69, 9.17) is 24.5 Å². The van der Waals surface area contributed by atoms with Gasteiger partial charge in [0.05, 0.1) is 38.0 Å². The number of nitro groups is 1. The summed E-state index contributed by atoms with van der Waals surface area (Å²) in [5.41, 5.74) is 8.05. The van der Waals surface area contributed by atoms with Gasteiger partial charge in [0.1, 0.15) is 5.75 Å². The largest absolute Gasteiger partial charge is 0.468 e. The first-order chi connectivity index (χ1) is 11.2. The van der Waals surface area contributed by atoms with Crippen molar-refractivity contribution in [2.24, 2.45) is 5.11 Å². The second-order valence-electron chi connectivity index (χ2n) is 4.10. The average Bonchev–Trinajstić information content (AvgIpc) is 2.56. The number of hydrogen-bond acceptors (Lipinski definition) is 7. The third-order valence-electron chi connectivity index (χ3n) is 2.50. The lowest BCUT2D eigenvalue weighted by atomic mass is 10.3. The van der Waals surface area contributed by atoms with Crippen LogP contribution in [0.2, 0.25) is 0 Å². The smallest absolute Gasteiger partial charge is 0.269 e. The Morgan fingerprint density at radius 2 is 1.65 bits per heavy atom. The van der Waals surface area contributed by atoms with Crippen LogP contribution in [0.15, 0.2) is 29.4 Å². The molecule has 0 radical (unpaired) electrons. The first kappa shape index (κ1) is 18.7. The van der Waals surface area contributed by atoms with E-state index in [-0.39, 0.29) is 12.5 Å². The van der Waals surface area contributed by atoms with Crippen LogP contribution in [0.1, 0.15) is 0 Å². The molecule has 1 rings (SSSR count). The van der Waals surface area contributed by atoms with Crippen molar-refractivity contribution >= 4 is 5.69 Å². The van der Waals surface area contributed by atoms with E-state index in [1.165, 1.54) is 24.3 Å². The lowest BCUT2D eigenvalue weighted by Crippen LogP contribution is -2.12. The average molecular weight is 326 g/mol. The molecule has 0 fully saturated rings. The molecular formula is C13H18N4O6. The number of non-ortho nitro benzene ring substituents is 1. The Hall–Kier alpha value is -2.39. The van der Waals surface area contributed by atoms with Gasteiger partial charge in [-0.3, -0.25) is 10.1 Å². The van der Waals surface area contributed by atoms with Crippen molar-refractivity contribution in [1.29, 1.82) is 0 Å². The van der Waals surface area contributed by atoms with Crippen molar-refractivity contribution in [3.63, 3.8) is 0 Å². The predicted molar refractivity (Wildman–Crippen MR) is 80.2 cm³/mol. The van der Waals surface area contributed by atoms with Crippen molar-refractivity contribution in [1.82, 2.24) is 0 Å². The molecule has 0 aromatic heterocycles.